The van der Waals surface area contributed by atoms with Gasteiger partial charge in [-0.25, -0.2) is 17.9 Å². The molecule has 0 atom stereocenters. The number of carbonyl (C=O) groups excluding carboxylic acids is 1. The van der Waals surface area contributed by atoms with Crippen LogP contribution in [0.1, 0.15) is 31.1 Å². The highest BCUT2D eigenvalue weighted by Crippen LogP contribution is 2.17. The van der Waals surface area contributed by atoms with Crippen LogP contribution in [-0.2, 0) is 14.8 Å². The lowest BCUT2D eigenvalue weighted by molar-refractivity contribution is 0.0526. The summed E-state index contributed by atoms with van der Waals surface area (Å²) in [6.45, 7) is 7.08. The number of ether oxygens (including phenoxy) is 1. The Kier molecular flexibility index (Phi) is 8.91. The molecule has 0 heterocycles. The fraction of sp³-hybridized carbons (Fsp3) is 0.562. The third kappa shape index (κ3) is 7.17. The monoisotopic (exact) mass is 378 g/mol. The molecule has 0 aromatic heterocycles. The van der Waals surface area contributed by atoms with Crippen molar-refractivity contribution in [2.24, 2.45) is 5.41 Å². The molecule has 0 saturated carbocycles. The van der Waals surface area contributed by atoms with E-state index in [1.165, 1.54) is 24.3 Å². The van der Waals surface area contributed by atoms with Crippen molar-refractivity contribution in [2.45, 2.75) is 25.7 Å². The summed E-state index contributed by atoms with van der Waals surface area (Å²) in [6, 6.07) is 5.73. The van der Waals surface area contributed by atoms with Crippen LogP contribution in [0, 0.1) is 5.41 Å². The van der Waals surface area contributed by atoms with E-state index in [2.05, 4.69) is 4.72 Å². The summed E-state index contributed by atoms with van der Waals surface area (Å²) in [4.78, 5) is 13.7. The molecule has 0 bridgehead atoms. The van der Waals surface area contributed by atoms with E-state index >= 15 is 0 Å². The van der Waals surface area contributed by atoms with Crippen LogP contribution in [0.15, 0.2) is 29.2 Å². The lowest BCUT2D eigenvalue weighted by Gasteiger charge is -2.28. The number of carbonyl (C=O) groups is 1. The van der Waals surface area contributed by atoms with Crippen molar-refractivity contribution >= 4 is 28.4 Å². The minimum absolute atomic E-state index is 0. The molecule has 6 nitrogen and oxygen atoms in total. The predicted molar refractivity (Wildman–Crippen MR) is 97.2 cm³/mol. The molecule has 0 fully saturated rings. The predicted octanol–water partition coefficient (Wildman–Crippen LogP) is 2.15. The van der Waals surface area contributed by atoms with E-state index in [0.717, 1.165) is 6.54 Å². The first kappa shape index (κ1) is 22.9. The number of halogens is 1. The highest BCUT2D eigenvalue weighted by Gasteiger charge is 2.23. The number of nitrogens with zero attached hydrogens (tertiary/aromatic N) is 1. The van der Waals surface area contributed by atoms with Crippen LogP contribution in [0.4, 0.5) is 0 Å². The van der Waals surface area contributed by atoms with Crippen molar-refractivity contribution in [3.05, 3.63) is 29.8 Å². The first-order valence-electron chi connectivity index (χ1n) is 7.49. The molecule has 0 amide bonds. The maximum atomic E-state index is 12.3. The standard InChI is InChI=1S/C16H26N2O4S.ClH/c1-6-22-15(19)13-7-9-14(10-8-13)23(20,21)17-11-16(2,3)12-18(4)5;/h7-10,17H,6,11-12H2,1-5H3;1H. The summed E-state index contributed by atoms with van der Waals surface area (Å²) in [6.07, 6.45) is 0. The molecule has 1 N–H and O–H groups in total. The van der Waals surface area contributed by atoms with E-state index in [4.69, 9.17) is 4.74 Å². The zero-order valence-electron chi connectivity index (χ0n) is 14.8. The van der Waals surface area contributed by atoms with Gasteiger partial charge in [0, 0.05) is 13.1 Å². The maximum absolute atomic E-state index is 12.3. The molecule has 0 radical (unpaired) electrons. The summed E-state index contributed by atoms with van der Waals surface area (Å²) in [5.41, 5.74) is 0.139. The molecule has 8 heteroatoms. The van der Waals surface area contributed by atoms with Crippen LogP contribution in [0.25, 0.3) is 0 Å². The Morgan fingerprint density at radius 1 is 1.21 bits per heavy atom. The van der Waals surface area contributed by atoms with Crippen LogP contribution in [0.3, 0.4) is 0 Å². The summed E-state index contributed by atoms with van der Waals surface area (Å²) < 4.78 is 32.2. The lowest BCUT2D eigenvalue weighted by Crippen LogP contribution is -2.39. The average molecular weight is 379 g/mol. The highest BCUT2D eigenvalue weighted by molar-refractivity contribution is 7.89. The van der Waals surface area contributed by atoms with E-state index < -0.39 is 16.0 Å². The van der Waals surface area contributed by atoms with Crippen molar-refractivity contribution in [1.29, 1.82) is 0 Å². The lowest BCUT2D eigenvalue weighted by atomic mass is 9.93. The van der Waals surface area contributed by atoms with Gasteiger partial charge in [-0.2, -0.15) is 0 Å². The minimum atomic E-state index is -3.60. The first-order valence-corrected chi connectivity index (χ1v) is 8.97. The summed E-state index contributed by atoms with van der Waals surface area (Å²) in [7, 11) is 0.293. The molecule has 1 aromatic rings. The van der Waals surface area contributed by atoms with Gasteiger partial charge in [0.05, 0.1) is 17.1 Å². The fourth-order valence-electron chi connectivity index (χ4n) is 2.27. The molecular formula is C16H27ClN2O4S. The van der Waals surface area contributed by atoms with Crippen LogP contribution in [0.5, 0.6) is 0 Å². The Labute approximate surface area is 151 Å². The van der Waals surface area contributed by atoms with E-state index in [1.807, 2.05) is 32.8 Å². The van der Waals surface area contributed by atoms with Gasteiger partial charge in [0.25, 0.3) is 0 Å². The Morgan fingerprint density at radius 3 is 2.21 bits per heavy atom. The van der Waals surface area contributed by atoms with Gasteiger partial charge in [0.15, 0.2) is 0 Å². The molecule has 0 spiro atoms. The van der Waals surface area contributed by atoms with Gasteiger partial charge in [-0.1, -0.05) is 13.8 Å². The van der Waals surface area contributed by atoms with Crippen LogP contribution >= 0.6 is 12.4 Å². The molecule has 0 saturated heterocycles. The van der Waals surface area contributed by atoms with Gasteiger partial charge in [-0.3, -0.25) is 0 Å². The molecule has 1 rings (SSSR count). The van der Waals surface area contributed by atoms with Gasteiger partial charge in [0.2, 0.25) is 10.0 Å². The van der Waals surface area contributed by atoms with Gasteiger partial charge >= 0.3 is 5.97 Å². The third-order valence-corrected chi connectivity index (χ3v) is 4.58. The molecule has 0 unspecified atom stereocenters. The number of rotatable bonds is 8. The zero-order chi connectivity index (χ0) is 17.7. The van der Waals surface area contributed by atoms with Crippen molar-refractivity contribution in [3.8, 4) is 0 Å². The van der Waals surface area contributed by atoms with E-state index in [-0.39, 0.29) is 29.3 Å². The second-order valence-corrected chi connectivity index (χ2v) is 8.24. The minimum Gasteiger partial charge on any atom is -0.462 e. The van der Waals surface area contributed by atoms with Gasteiger partial charge in [0.1, 0.15) is 0 Å². The largest absolute Gasteiger partial charge is 0.462 e. The van der Waals surface area contributed by atoms with Crippen LogP contribution < -0.4 is 4.72 Å². The Hall–Kier alpha value is -1.15. The van der Waals surface area contributed by atoms with Gasteiger partial charge in [-0.15, -0.1) is 12.4 Å². The number of esters is 1. The average Bonchev–Trinajstić information content (AvgIpc) is 2.45. The normalized spacial score (nSPS) is 11.9. The van der Waals surface area contributed by atoms with Crippen LogP contribution in [-0.4, -0.2) is 53.1 Å². The van der Waals surface area contributed by atoms with Crippen molar-refractivity contribution < 1.29 is 17.9 Å². The second kappa shape index (κ2) is 9.36. The highest BCUT2D eigenvalue weighted by atomic mass is 35.5. The van der Waals surface area contributed by atoms with Crippen molar-refractivity contribution in [2.75, 3.05) is 33.8 Å². The van der Waals surface area contributed by atoms with E-state index in [0.29, 0.717) is 12.1 Å². The Morgan fingerprint density at radius 2 is 1.75 bits per heavy atom. The smallest absolute Gasteiger partial charge is 0.338 e. The molecule has 0 aliphatic heterocycles. The number of hydrogen-bond acceptors (Lipinski definition) is 5. The fourth-order valence-corrected chi connectivity index (χ4v) is 3.51. The topological polar surface area (TPSA) is 75.7 Å². The second-order valence-electron chi connectivity index (χ2n) is 6.47. The number of benzene rings is 1. The number of nitrogens with one attached hydrogen (secondary N) is 1. The molecule has 0 aliphatic rings. The van der Waals surface area contributed by atoms with Crippen molar-refractivity contribution in [1.82, 2.24) is 9.62 Å². The van der Waals surface area contributed by atoms with Crippen LogP contribution in [0.2, 0.25) is 0 Å². The summed E-state index contributed by atoms with van der Waals surface area (Å²) in [5.74, 6) is -0.462. The maximum Gasteiger partial charge on any atom is 0.338 e. The summed E-state index contributed by atoms with van der Waals surface area (Å²) in [5, 5.41) is 0. The van der Waals surface area contributed by atoms with Crippen molar-refractivity contribution in [3.63, 3.8) is 0 Å². The van der Waals surface area contributed by atoms with E-state index in [9.17, 15) is 13.2 Å². The Balaban J connectivity index is 0.00000529. The van der Waals surface area contributed by atoms with Gasteiger partial charge in [-0.05, 0) is 50.7 Å². The van der Waals surface area contributed by atoms with E-state index in [1.54, 1.807) is 6.92 Å². The molecule has 24 heavy (non-hydrogen) atoms. The molecule has 138 valence electrons. The quantitative estimate of drug-likeness (QED) is 0.701. The number of hydrogen-bond donors (Lipinski definition) is 1. The molecule has 1 aromatic carbocycles. The zero-order valence-corrected chi connectivity index (χ0v) is 16.5. The SMILES string of the molecule is CCOC(=O)c1ccc(S(=O)(=O)NCC(C)(C)CN(C)C)cc1.Cl. The first-order chi connectivity index (χ1) is 10.6. The van der Waals surface area contributed by atoms with Gasteiger partial charge < -0.3 is 9.64 Å². The third-order valence-electron chi connectivity index (χ3n) is 3.16. The number of sulfonamides is 1. The Bertz CT molecular complexity index is 628. The summed E-state index contributed by atoms with van der Waals surface area (Å²) >= 11 is 0. The molecule has 0 aliphatic carbocycles. The molecular weight excluding hydrogens is 352 g/mol.